The maximum absolute atomic E-state index is 12.7. The molecule has 3 aromatic carbocycles. The van der Waals surface area contributed by atoms with E-state index in [4.69, 9.17) is 4.78 Å². The molecular formula is C22H23N3OS2. The van der Waals surface area contributed by atoms with Crippen molar-refractivity contribution >= 4 is 33.1 Å². The molecule has 0 aliphatic carbocycles. The molecule has 0 radical (unpaired) electrons. The summed E-state index contributed by atoms with van der Waals surface area (Å²) < 4.78 is 23.8. The van der Waals surface area contributed by atoms with Crippen molar-refractivity contribution in [2.45, 2.75) is 28.0 Å². The van der Waals surface area contributed by atoms with Crippen molar-refractivity contribution < 1.29 is 4.21 Å². The zero-order valence-electron chi connectivity index (χ0n) is 15.7. The fourth-order valence-electron chi connectivity index (χ4n) is 3.29. The lowest BCUT2D eigenvalue weighted by atomic mass is 10.2. The summed E-state index contributed by atoms with van der Waals surface area (Å²) in [6.45, 7) is 3.30. The minimum Gasteiger partial charge on any atom is -0.340 e. The van der Waals surface area contributed by atoms with Crippen LogP contribution in [0.15, 0.2) is 87.5 Å². The van der Waals surface area contributed by atoms with Crippen molar-refractivity contribution in [3.63, 3.8) is 0 Å². The normalized spacial score (nSPS) is 14.8. The Bertz CT molecular complexity index is 1030. The molecule has 1 unspecified atom stereocenters. The number of aryl methyl sites for hydroxylation is 1. The van der Waals surface area contributed by atoms with Crippen molar-refractivity contribution in [3.8, 4) is 0 Å². The Balaban J connectivity index is 1.45. The number of nitrogens with zero attached hydrogens (tertiary/aromatic N) is 1. The largest absolute Gasteiger partial charge is 0.340 e. The first kappa shape index (κ1) is 19.1. The summed E-state index contributed by atoms with van der Waals surface area (Å²) in [5, 5.41) is 0. The van der Waals surface area contributed by atoms with Crippen LogP contribution in [0, 0.1) is 11.7 Å². The Morgan fingerprint density at radius 3 is 2.11 bits per heavy atom. The standard InChI is InChI=1S/C22H23N3OS2/c1-17-11-13-18(14-12-17)28(23,26)24-15-6-16-25-19-7-2-4-9-21(19)27-22-10-5-3-8-20(22)25/h2-5,7-14H,6,15-16H2,1H3,(H2,23,24,26). The molecule has 2 N–H and O–H groups in total. The molecule has 6 heteroatoms. The van der Waals surface area contributed by atoms with Gasteiger partial charge in [-0.1, -0.05) is 53.7 Å². The molecule has 144 valence electrons. The van der Waals surface area contributed by atoms with Gasteiger partial charge >= 0.3 is 0 Å². The average Bonchev–Trinajstić information content (AvgIpc) is 2.70. The maximum Gasteiger partial charge on any atom is 0.134 e. The fraction of sp³-hybridized carbons (Fsp3) is 0.182. The number of anilines is 2. The summed E-state index contributed by atoms with van der Waals surface area (Å²) in [7, 11) is -2.97. The van der Waals surface area contributed by atoms with E-state index in [9.17, 15) is 4.21 Å². The van der Waals surface area contributed by atoms with E-state index in [2.05, 4.69) is 58.2 Å². The van der Waals surface area contributed by atoms with Gasteiger partial charge in [0.15, 0.2) is 0 Å². The van der Waals surface area contributed by atoms with Crippen LogP contribution in [0.3, 0.4) is 0 Å². The first-order chi connectivity index (χ1) is 13.5. The van der Waals surface area contributed by atoms with Gasteiger partial charge in [-0.2, -0.15) is 0 Å². The SMILES string of the molecule is Cc1ccc(S(=N)(=O)NCCCN2c3ccccc3Sc3ccccc32)cc1. The number of nitrogens with one attached hydrogen (secondary N) is 2. The highest BCUT2D eigenvalue weighted by Crippen LogP contribution is 2.47. The Hall–Kier alpha value is -2.28. The van der Waals surface area contributed by atoms with Gasteiger partial charge in [0.1, 0.15) is 9.92 Å². The fourth-order valence-corrected chi connectivity index (χ4v) is 5.50. The third-order valence-electron chi connectivity index (χ3n) is 4.75. The summed E-state index contributed by atoms with van der Waals surface area (Å²) in [6, 6.07) is 24.2. The molecule has 0 spiro atoms. The molecule has 3 aromatic rings. The molecule has 1 heterocycles. The minimum absolute atomic E-state index is 0.518. The first-order valence-electron chi connectivity index (χ1n) is 9.28. The van der Waals surface area contributed by atoms with E-state index < -0.39 is 9.92 Å². The summed E-state index contributed by atoms with van der Waals surface area (Å²) in [6.07, 6.45) is 0.787. The van der Waals surface area contributed by atoms with Crippen molar-refractivity contribution in [3.05, 3.63) is 78.4 Å². The Morgan fingerprint density at radius 2 is 1.50 bits per heavy atom. The number of benzene rings is 3. The molecule has 0 fully saturated rings. The second-order valence-corrected chi connectivity index (χ2v) is 9.76. The highest BCUT2D eigenvalue weighted by atomic mass is 32.2. The van der Waals surface area contributed by atoms with Gasteiger partial charge in [0, 0.05) is 22.9 Å². The summed E-state index contributed by atoms with van der Waals surface area (Å²) in [4.78, 5) is 5.35. The number of hydrogen-bond donors (Lipinski definition) is 2. The number of rotatable bonds is 6. The van der Waals surface area contributed by atoms with E-state index in [1.807, 2.05) is 19.1 Å². The number of hydrogen-bond acceptors (Lipinski definition) is 4. The molecule has 1 atom stereocenters. The molecule has 0 aromatic heterocycles. The second-order valence-electron chi connectivity index (χ2n) is 6.81. The van der Waals surface area contributed by atoms with Gasteiger partial charge in [0.25, 0.3) is 0 Å². The van der Waals surface area contributed by atoms with Gasteiger partial charge in [-0.3, -0.25) is 0 Å². The highest BCUT2D eigenvalue weighted by Gasteiger charge is 2.22. The van der Waals surface area contributed by atoms with E-state index in [1.165, 1.54) is 21.2 Å². The molecule has 1 aliphatic rings. The van der Waals surface area contributed by atoms with Crippen LogP contribution in [-0.2, 0) is 9.92 Å². The van der Waals surface area contributed by atoms with Crippen LogP contribution in [0.2, 0.25) is 0 Å². The van der Waals surface area contributed by atoms with Crippen LogP contribution >= 0.6 is 11.8 Å². The predicted octanol–water partition coefficient (Wildman–Crippen LogP) is 5.60. The highest BCUT2D eigenvalue weighted by molar-refractivity contribution is 7.99. The zero-order chi connectivity index (χ0) is 19.6. The van der Waals surface area contributed by atoms with Gasteiger partial charge in [0.05, 0.1) is 16.3 Å². The second kappa shape index (κ2) is 7.99. The van der Waals surface area contributed by atoms with Gasteiger partial charge in [0.2, 0.25) is 0 Å². The average molecular weight is 410 g/mol. The van der Waals surface area contributed by atoms with Crippen LogP contribution in [0.1, 0.15) is 12.0 Å². The van der Waals surface area contributed by atoms with Crippen molar-refractivity contribution in [2.75, 3.05) is 18.0 Å². The lowest BCUT2D eigenvalue weighted by Crippen LogP contribution is -2.28. The summed E-state index contributed by atoms with van der Waals surface area (Å²) >= 11 is 1.79. The first-order valence-corrected chi connectivity index (χ1v) is 11.7. The Kier molecular flexibility index (Phi) is 5.44. The topological polar surface area (TPSA) is 56.2 Å². The van der Waals surface area contributed by atoms with Crippen molar-refractivity contribution in [2.24, 2.45) is 0 Å². The molecule has 0 bridgehead atoms. The lowest BCUT2D eigenvalue weighted by molar-refractivity contribution is 0.657. The molecule has 1 aliphatic heterocycles. The third-order valence-corrected chi connectivity index (χ3v) is 7.43. The number of para-hydroxylation sites is 2. The molecule has 4 rings (SSSR count). The number of fused-ring (bicyclic) bond motifs is 2. The molecule has 0 amide bonds. The Morgan fingerprint density at radius 1 is 0.929 bits per heavy atom. The molecule has 0 saturated heterocycles. The van der Waals surface area contributed by atoms with Crippen LogP contribution in [0.5, 0.6) is 0 Å². The lowest BCUT2D eigenvalue weighted by Gasteiger charge is -2.32. The van der Waals surface area contributed by atoms with Crippen LogP contribution in [0.4, 0.5) is 11.4 Å². The quantitative estimate of drug-likeness (QED) is 0.521. The maximum atomic E-state index is 12.7. The van der Waals surface area contributed by atoms with Gasteiger partial charge in [-0.05, 0) is 49.7 Å². The van der Waals surface area contributed by atoms with Crippen LogP contribution in [-0.4, -0.2) is 17.3 Å². The van der Waals surface area contributed by atoms with E-state index in [-0.39, 0.29) is 0 Å². The van der Waals surface area contributed by atoms with E-state index in [1.54, 1.807) is 23.9 Å². The predicted molar refractivity (Wildman–Crippen MR) is 117 cm³/mol. The van der Waals surface area contributed by atoms with E-state index in [0.717, 1.165) is 18.5 Å². The van der Waals surface area contributed by atoms with Crippen LogP contribution < -0.4 is 9.62 Å². The van der Waals surface area contributed by atoms with Crippen molar-refractivity contribution in [1.29, 1.82) is 4.78 Å². The smallest absolute Gasteiger partial charge is 0.134 e. The van der Waals surface area contributed by atoms with E-state index in [0.29, 0.717) is 11.4 Å². The molecular weight excluding hydrogens is 386 g/mol. The summed E-state index contributed by atoms with van der Waals surface area (Å²) in [5.41, 5.74) is 3.51. The van der Waals surface area contributed by atoms with E-state index >= 15 is 0 Å². The molecule has 0 saturated carbocycles. The zero-order valence-corrected chi connectivity index (χ0v) is 17.4. The van der Waals surface area contributed by atoms with Crippen molar-refractivity contribution in [1.82, 2.24) is 4.72 Å². The summed E-state index contributed by atoms with van der Waals surface area (Å²) in [5.74, 6) is 0. The Labute approximate surface area is 171 Å². The minimum atomic E-state index is -2.97. The molecule has 28 heavy (non-hydrogen) atoms. The van der Waals surface area contributed by atoms with Crippen LogP contribution in [0.25, 0.3) is 0 Å². The molecule has 4 nitrogen and oxygen atoms in total. The van der Waals surface area contributed by atoms with Gasteiger partial charge in [-0.25, -0.2) is 13.7 Å². The van der Waals surface area contributed by atoms with Gasteiger partial charge < -0.3 is 4.90 Å². The monoisotopic (exact) mass is 409 g/mol. The third kappa shape index (κ3) is 3.94. The van der Waals surface area contributed by atoms with Gasteiger partial charge in [-0.15, -0.1) is 0 Å².